The Labute approximate surface area is 110 Å². The van der Waals surface area contributed by atoms with E-state index in [-0.39, 0.29) is 34.5 Å². The Morgan fingerprint density at radius 2 is 1.27 bits per heavy atom. The molecule has 5 nitrogen and oxygen atoms in total. The molecule has 78 valence electrons. The van der Waals surface area contributed by atoms with Gasteiger partial charge in [-0.1, -0.05) is 0 Å². The molecule has 0 heterocycles. The van der Waals surface area contributed by atoms with Gasteiger partial charge in [0.25, 0.3) is 0 Å². The van der Waals surface area contributed by atoms with Gasteiger partial charge in [0.05, 0.1) is 9.79 Å². The Morgan fingerprint density at radius 3 is 1.53 bits per heavy atom. The smallest absolute Gasteiger partial charge is 0.744 e. The Balaban J connectivity index is 0.00000196. The van der Waals surface area contributed by atoms with Gasteiger partial charge in [0.15, 0.2) is 9.84 Å². The summed E-state index contributed by atoms with van der Waals surface area (Å²) in [4.78, 5) is -0.463. The number of benzene rings is 1. The van der Waals surface area contributed by atoms with E-state index in [9.17, 15) is 21.4 Å². The SMILES string of the molecule is CS(=O)(=O)c1ccc(S(=O)(=O)[O-])cc1.[Na+]. The Hall–Kier alpha value is 0.0800. The van der Waals surface area contributed by atoms with E-state index in [1.165, 1.54) is 0 Å². The van der Waals surface area contributed by atoms with Gasteiger partial charge in [0.1, 0.15) is 10.1 Å². The van der Waals surface area contributed by atoms with Gasteiger partial charge in [-0.3, -0.25) is 0 Å². The minimum Gasteiger partial charge on any atom is -0.744 e. The molecule has 0 aliphatic heterocycles. The molecule has 0 saturated carbocycles. The van der Waals surface area contributed by atoms with Crippen LogP contribution in [0, 0.1) is 0 Å². The van der Waals surface area contributed by atoms with Crippen molar-refractivity contribution < 1.29 is 50.9 Å². The first kappa shape index (κ1) is 15.1. The van der Waals surface area contributed by atoms with Crippen molar-refractivity contribution in [1.29, 1.82) is 0 Å². The topological polar surface area (TPSA) is 91.3 Å². The molecular formula is C7H7NaO5S2. The van der Waals surface area contributed by atoms with Crippen LogP contribution < -0.4 is 29.6 Å². The van der Waals surface area contributed by atoms with E-state index >= 15 is 0 Å². The van der Waals surface area contributed by atoms with Crippen LogP contribution in [-0.4, -0.2) is 27.6 Å². The molecule has 0 radical (unpaired) electrons. The van der Waals surface area contributed by atoms with Crippen molar-refractivity contribution in [3.63, 3.8) is 0 Å². The fraction of sp³-hybridized carbons (Fsp3) is 0.143. The van der Waals surface area contributed by atoms with Gasteiger partial charge in [-0.25, -0.2) is 16.8 Å². The van der Waals surface area contributed by atoms with E-state index in [2.05, 4.69) is 0 Å². The first-order valence-corrected chi connectivity index (χ1v) is 6.77. The van der Waals surface area contributed by atoms with E-state index < -0.39 is 24.9 Å². The molecule has 0 aliphatic carbocycles. The number of hydrogen-bond donors (Lipinski definition) is 0. The van der Waals surface area contributed by atoms with Crippen LogP contribution in [0.4, 0.5) is 0 Å². The minimum atomic E-state index is -4.51. The third-order valence-corrected chi connectivity index (χ3v) is 3.52. The third kappa shape index (κ3) is 4.21. The molecule has 1 aromatic rings. The summed E-state index contributed by atoms with van der Waals surface area (Å²) >= 11 is 0. The summed E-state index contributed by atoms with van der Waals surface area (Å²) in [5.74, 6) is 0. The monoisotopic (exact) mass is 258 g/mol. The number of sulfone groups is 1. The fourth-order valence-electron chi connectivity index (χ4n) is 0.854. The molecule has 15 heavy (non-hydrogen) atoms. The van der Waals surface area contributed by atoms with Gasteiger partial charge in [0.2, 0.25) is 0 Å². The van der Waals surface area contributed by atoms with Crippen molar-refractivity contribution >= 4 is 20.0 Å². The molecule has 0 spiro atoms. The van der Waals surface area contributed by atoms with Crippen molar-refractivity contribution in [2.24, 2.45) is 0 Å². The maximum Gasteiger partial charge on any atom is 1.00 e. The Bertz CT molecular complexity index is 478. The molecule has 0 N–H and O–H groups in total. The average Bonchev–Trinajstić information content (AvgIpc) is 2.01. The van der Waals surface area contributed by atoms with Crippen LogP contribution in [0.1, 0.15) is 0 Å². The summed E-state index contributed by atoms with van der Waals surface area (Å²) in [6.45, 7) is 0. The second kappa shape index (κ2) is 4.94. The quantitative estimate of drug-likeness (QED) is 0.416. The molecule has 0 unspecified atom stereocenters. The molecule has 0 aliphatic rings. The second-order valence-corrected chi connectivity index (χ2v) is 6.09. The summed E-state index contributed by atoms with van der Waals surface area (Å²) in [5, 5.41) is 0. The van der Waals surface area contributed by atoms with Gasteiger partial charge in [-0.2, -0.15) is 0 Å². The maximum atomic E-state index is 11.0. The molecule has 0 saturated heterocycles. The van der Waals surface area contributed by atoms with Gasteiger partial charge in [-0.05, 0) is 24.3 Å². The zero-order valence-electron chi connectivity index (χ0n) is 8.17. The molecule has 1 rings (SSSR count). The number of hydrogen-bond acceptors (Lipinski definition) is 5. The van der Waals surface area contributed by atoms with Crippen LogP contribution in [0.5, 0.6) is 0 Å². The molecule has 1 aromatic carbocycles. The molecular weight excluding hydrogens is 251 g/mol. The Kier molecular flexibility index (Phi) is 4.97. The summed E-state index contributed by atoms with van der Waals surface area (Å²) in [5.41, 5.74) is 0. The summed E-state index contributed by atoms with van der Waals surface area (Å²) in [6.07, 6.45) is 0.994. The van der Waals surface area contributed by atoms with Crippen LogP contribution in [0.25, 0.3) is 0 Å². The van der Waals surface area contributed by atoms with Crippen LogP contribution in [0.3, 0.4) is 0 Å². The van der Waals surface area contributed by atoms with E-state index in [1.807, 2.05) is 0 Å². The van der Waals surface area contributed by atoms with E-state index in [1.54, 1.807) is 0 Å². The van der Waals surface area contributed by atoms with Crippen molar-refractivity contribution in [2.75, 3.05) is 6.26 Å². The molecule has 0 atom stereocenters. The average molecular weight is 258 g/mol. The largest absolute Gasteiger partial charge is 1.00 e. The van der Waals surface area contributed by atoms with Crippen LogP contribution in [-0.2, 0) is 20.0 Å². The fourth-order valence-corrected chi connectivity index (χ4v) is 1.95. The molecule has 8 heteroatoms. The summed E-state index contributed by atoms with van der Waals surface area (Å²) < 4.78 is 53.4. The van der Waals surface area contributed by atoms with E-state index in [0.717, 1.165) is 30.5 Å². The Morgan fingerprint density at radius 1 is 0.933 bits per heavy atom. The van der Waals surface area contributed by atoms with Crippen LogP contribution >= 0.6 is 0 Å². The summed E-state index contributed by atoms with van der Waals surface area (Å²) in [6, 6.07) is 4.11. The van der Waals surface area contributed by atoms with Gasteiger partial charge in [0, 0.05) is 6.26 Å². The first-order chi connectivity index (χ1) is 6.21. The minimum absolute atomic E-state index is 0. The van der Waals surface area contributed by atoms with E-state index in [4.69, 9.17) is 0 Å². The van der Waals surface area contributed by atoms with Crippen molar-refractivity contribution in [1.82, 2.24) is 0 Å². The van der Waals surface area contributed by atoms with Gasteiger partial charge >= 0.3 is 29.6 Å². The zero-order valence-corrected chi connectivity index (χ0v) is 11.8. The first-order valence-electron chi connectivity index (χ1n) is 3.47. The van der Waals surface area contributed by atoms with Crippen molar-refractivity contribution in [2.45, 2.75) is 9.79 Å². The standard InChI is InChI=1S/C7H8O5S2.Na/c1-13(8,9)6-2-4-7(5-3-6)14(10,11)12;/h2-5H,1H3,(H,10,11,12);/q;+1/p-1. The normalized spacial score (nSPS) is 11.9. The van der Waals surface area contributed by atoms with Gasteiger partial charge < -0.3 is 4.55 Å². The molecule has 0 fully saturated rings. The van der Waals surface area contributed by atoms with Crippen molar-refractivity contribution in [3.8, 4) is 0 Å². The van der Waals surface area contributed by atoms with Crippen molar-refractivity contribution in [3.05, 3.63) is 24.3 Å². The third-order valence-electron chi connectivity index (χ3n) is 1.54. The molecule has 0 amide bonds. The van der Waals surface area contributed by atoms with Crippen LogP contribution in [0.2, 0.25) is 0 Å². The second-order valence-electron chi connectivity index (χ2n) is 2.70. The van der Waals surface area contributed by atoms with Gasteiger partial charge in [-0.15, -0.1) is 0 Å². The van der Waals surface area contributed by atoms with E-state index in [0.29, 0.717) is 0 Å². The number of rotatable bonds is 2. The summed E-state index contributed by atoms with van der Waals surface area (Å²) in [7, 11) is -7.87. The predicted molar refractivity (Wildman–Crippen MR) is 47.5 cm³/mol. The molecule has 0 bridgehead atoms. The zero-order chi connectivity index (χ0) is 11.0. The predicted octanol–water partition coefficient (Wildman–Crippen LogP) is -3.00. The molecule has 0 aromatic heterocycles. The maximum absolute atomic E-state index is 11.0. The van der Waals surface area contributed by atoms with Crippen LogP contribution in [0.15, 0.2) is 34.1 Å².